The summed E-state index contributed by atoms with van der Waals surface area (Å²) < 4.78 is 7.65. The smallest absolute Gasteiger partial charge is 0.274 e. The maximum Gasteiger partial charge on any atom is 0.274 e. The number of thiophene rings is 1. The molecule has 7 nitrogen and oxygen atoms in total. The average Bonchev–Trinajstić information content (AvgIpc) is 3.42. The second kappa shape index (κ2) is 9.26. The molecule has 1 aliphatic heterocycles. The first-order valence-corrected chi connectivity index (χ1v) is 11.6. The Hall–Kier alpha value is -2.97. The molecular formula is C24H28N4O3S. The fourth-order valence-corrected chi connectivity index (χ4v) is 4.23. The van der Waals surface area contributed by atoms with E-state index in [4.69, 9.17) is 4.74 Å². The number of nitrogens with one attached hydrogen (secondary N) is 1. The number of aryl methyl sites for hydroxylation is 2. The molecule has 1 aromatic carbocycles. The lowest BCUT2D eigenvalue weighted by molar-refractivity contribution is -0.0128. The molecule has 0 radical (unpaired) electrons. The predicted molar refractivity (Wildman–Crippen MR) is 125 cm³/mol. The molecule has 2 amide bonds. The Morgan fingerprint density at radius 3 is 2.69 bits per heavy atom. The van der Waals surface area contributed by atoms with Gasteiger partial charge in [-0.1, -0.05) is 36.4 Å². The number of carbonyl (C=O) groups is 2. The molecule has 32 heavy (non-hydrogen) atoms. The highest BCUT2D eigenvalue weighted by Crippen LogP contribution is 2.26. The molecule has 0 saturated heterocycles. The number of hydrogen-bond donors (Lipinski definition) is 1. The van der Waals surface area contributed by atoms with Crippen molar-refractivity contribution < 1.29 is 14.3 Å². The summed E-state index contributed by atoms with van der Waals surface area (Å²) in [6.07, 6.45) is 2.58. The maximum absolute atomic E-state index is 13.3. The third-order valence-corrected chi connectivity index (χ3v) is 6.01. The number of rotatable bonds is 6. The van der Waals surface area contributed by atoms with Gasteiger partial charge in [0.1, 0.15) is 0 Å². The molecule has 4 rings (SSSR count). The van der Waals surface area contributed by atoms with Crippen molar-refractivity contribution in [1.82, 2.24) is 15.1 Å². The highest BCUT2D eigenvalue weighted by molar-refractivity contribution is 7.12. The van der Waals surface area contributed by atoms with Crippen molar-refractivity contribution in [3.8, 4) is 0 Å². The van der Waals surface area contributed by atoms with Crippen LogP contribution in [0.4, 0.5) is 5.69 Å². The molecule has 8 heteroatoms. The van der Waals surface area contributed by atoms with Gasteiger partial charge in [0, 0.05) is 19.3 Å². The van der Waals surface area contributed by atoms with Gasteiger partial charge in [-0.05, 0) is 44.2 Å². The quantitative estimate of drug-likeness (QED) is 0.618. The molecule has 0 aliphatic carbocycles. The van der Waals surface area contributed by atoms with E-state index in [-0.39, 0.29) is 29.2 Å². The molecule has 0 saturated carbocycles. The third-order valence-electron chi connectivity index (χ3n) is 5.15. The van der Waals surface area contributed by atoms with Gasteiger partial charge in [-0.3, -0.25) is 14.3 Å². The van der Waals surface area contributed by atoms with Crippen molar-refractivity contribution in [2.75, 3.05) is 18.1 Å². The fourth-order valence-electron chi connectivity index (χ4n) is 3.56. The molecule has 1 unspecified atom stereocenters. The van der Waals surface area contributed by atoms with Crippen LogP contribution in [-0.4, -0.2) is 46.4 Å². The Labute approximate surface area is 192 Å². The van der Waals surface area contributed by atoms with E-state index < -0.39 is 0 Å². The second-order valence-electron chi connectivity index (χ2n) is 8.85. The normalized spacial score (nSPS) is 16.4. The number of benzene rings is 1. The molecule has 1 N–H and O–H groups in total. The summed E-state index contributed by atoms with van der Waals surface area (Å²) in [6.45, 7) is 7.13. The molecule has 1 atom stereocenters. The zero-order valence-corrected chi connectivity index (χ0v) is 19.4. The van der Waals surface area contributed by atoms with Gasteiger partial charge in [0.25, 0.3) is 11.8 Å². The summed E-state index contributed by atoms with van der Waals surface area (Å²) in [5.41, 5.74) is 1.64. The molecule has 0 fully saturated rings. The van der Waals surface area contributed by atoms with E-state index in [9.17, 15) is 9.59 Å². The number of fused-ring (bicyclic) bond motifs is 1. The van der Waals surface area contributed by atoms with Crippen molar-refractivity contribution in [1.29, 1.82) is 0 Å². The van der Waals surface area contributed by atoms with E-state index in [1.807, 2.05) is 50.4 Å². The van der Waals surface area contributed by atoms with Crippen LogP contribution in [0.15, 0.2) is 54.0 Å². The van der Waals surface area contributed by atoms with Crippen LogP contribution in [0.2, 0.25) is 0 Å². The summed E-state index contributed by atoms with van der Waals surface area (Å²) in [7, 11) is 0. The van der Waals surface area contributed by atoms with Crippen molar-refractivity contribution >= 4 is 28.8 Å². The number of aromatic nitrogens is 2. The number of nitrogens with zero attached hydrogens (tertiary/aromatic N) is 3. The first-order valence-electron chi connectivity index (χ1n) is 10.7. The summed E-state index contributed by atoms with van der Waals surface area (Å²) in [4.78, 5) is 28.6. The van der Waals surface area contributed by atoms with Crippen LogP contribution in [0.1, 0.15) is 46.5 Å². The van der Waals surface area contributed by atoms with E-state index in [1.165, 1.54) is 16.9 Å². The van der Waals surface area contributed by atoms with Gasteiger partial charge in [-0.2, -0.15) is 5.10 Å². The molecule has 3 aromatic rings. The van der Waals surface area contributed by atoms with Crippen molar-refractivity contribution in [2.24, 2.45) is 0 Å². The lowest BCUT2D eigenvalue weighted by Crippen LogP contribution is -2.46. The third kappa shape index (κ3) is 5.26. The first-order chi connectivity index (χ1) is 15.3. The van der Waals surface area contributed by atoms with Gasteiger partial charge >= 0.3 is 0 Å². The van der Waals surface area contributed by atoms with Crippen molar-refractivity contribution in [3.05, 3.63) is 70.2 Å². The lowest BCUT2D eigenvalue weighted by atomic mass is 10.1. The topological polar surface area (TPSA) is 76.5 Å². The van der Waals surface area contributed by atoms with E-state index in [0.29, 0.717) is 30.3 Å². The van der Waals surface area contributed by atoms with Gasteiger partial charge in [0.05, 0.1) is 28.8 Å². The number of amides is 2. The number of anilines is 1. The SMILES string of the molecule is CC(C)(C)OCC1CN(C(=O)c2cccs2)c2cn(CCc3ccccc3)nc2C(=O)N1. The van der Waals surface area contributed by atoms with Gasteiger partial charge in [-0.25, -0.2) is 0 Å². The van der Waals surface area contributed by atoms with Crippen molar-refractivity contribution in [2.45, 2.75) is 45.4 Å². The van der Waals surface area contributed by atoms with Crippen molar-refractivity contribution in [3.63, 3.8) is 0 Å². The Morgan fingerprint density at radius 2 is 2.00 bits per heavy atom. The highest BCUT2D eigenvalue weighted by atomic mass is 32.1. The Morgan fingerprint density at radius 1 is 1.22 bits per heavy atom. The van der Waals surface area contributed by atoms with Crippen LogP contribution in [0.5, 0.6) is 0 Å². The largest absolute Gasteiger partial charge is 0.374 e. The highest BCUT2D eigenvalue weighted by Gasteiger charge is 2.34. The molecule has 168 valence electrons. The van der Waals surface area contributed by atoms with Crippen LogP contribution < -0.4 is 10.2 Å². The van der Waals surface area contributed by atoms with E-state index in [0.717, 1.165) is 6.42 Å². The predicted octanol–water partition coefficient (Wildman–Crippen LogP) is 3.76. The Bertz CT molecular complexity index is 1070. The Balaban J connectivity index is 1.60. The van der Waals surface area contributed by atoms with Gasteiger partial charge in [0.15, 0.2) is 5.69 Å². The van der Waals surface area contributed by atoms with Gasteiger partial charge < -0.3 is 15.0 Å². The monoisotopic (exact) mass is 452 g/mol. The summed E-state index contributed by atoms with van der Waals surface area (Å²) in [5.74, 6) is -0.427. The van der Waals surface area contributed by atoms with E-state index >= 15 is 0 Å². The van der Waals surface area contributed by atoms with Crippen LogP contribution in [0.25, 0.3) is 0 Å². The van der Waals surface area contributed by atoms with Gasteiger partial charge in [-0.15, -0.1) is 11.3 Å². The second-order valence-corrected chi connectivity index (χ2v) is 9.80. The average molecular weight is 453 g/mol. The minimum Gasteiger partial charge on any atom is -0.374 e. The zero-order chi connectivity index (χ0) is 22.7. The maximum atomic E-state index is 13.3. The Kier molecular flexibility index (Phi) is 6.43. The molecule has 2 aromatic heterocycles. The standard InChI is InChI=1S/C24H28N4O3S/c1-24(2,3)31-16-18-14-28(23(30)20-10-7-13-32-20)19-15-27(26-21(19)22(29)25-18)12-11-17-8-5-4-6-9-17/h4-10,13,15,18H,11-12,14,16H2,1-3H3,(H,25,29). The molecule has 3 heterocycles. The van der Waals surface area contributed by atoms with Crippen LogP contribution >= 0.6 is 11.3 Å². The van der Waals surface area contributed by atoms with Crippen LogP contribution in [-0.2, 0) is 17.7 Å². The zero-order valence-electron chi connectivity index (χ0n) is 18.6. The molecule has 0 bridgehead atoms. The first kappa shape index (κ1) is 22.2. The molecular weight excluding hydrogens is 424 g/mol. The lowest BCUT2D eigenvalue weighted by Gasteiger charge is -2.27. The molecule has 0 spiro atoms. The minimum absolute atomic E-state index is 0.138. The summed E-state index contributed by atoms with van der Waals surface area (Å²) in [5, 5.41) is 9.41. The van der Waals surface area contributed by atoms with Crippen LogP contribution in [0, 0.1) is 0 Å². The van der Waals surface area contributed by atoms with Crippen LogP contribution in [0.3, 0.4) is 0 Å². The molecule has 1 aliphatic rings. The summed E-state index contributed by atoms with van der Waals surface area (Å²) >= 11 is 1.39. The number of hydrogen-bond acceptors (Lipinski definition) is 5. The van der Waals surface area contributed by atoms with E-state index in [1.54, 1.807) is 21.8 Å². The minimum atomic E-state index is -0.347. The van der Waals surface area contributed by atoms with Gasteiger partial charge in [0.2, 0.25) is 0 Å². The summed E-state index contributed by atoms with van der Waals surface area (Å²) in [6, 6.07) is 13.4. The number of ether oxygens (including phenoxy) is 1. The number of carbonyl (C=O) groups excluding carboxylic acids is 2. The fraction of sp³-hybridized carbons (Fsp3) is 0.375. The van der Waals surface area contributed by atoms with E-state index in [2.05, 4.69) is 22.5 Å².